The fourth-order valence-corrected chi connectivity index (χ4v) is 1.86. The number of nitrogens with zero attached hydrogens (tertiary/aromatic N) is 1. The van der Waals surface area contributed by atoms with Crippen LogP contribution in [0, 0.1) is 6.92 Å². The van der Waals surface area contributed by atoms with E-state index in [4.69, 9.17) is 4.74 Å². The fourth-order valence-electron chi connectivity index (χ4n) is 1.86. The van der Waals surface area contributed by atoms with Gasteiger partial charge in [-0.3, -0.25) is 0 Å². The number of benzene rings is 1. The third-order valence-electron chi connectivity index (χ3n) is 3.01. The minimum atomic E-state index is 0.311. The van der Waals surface area contributed by atoms with Gasteiger partial charge >= 0.3 is 0 Å². The standard InChI is InChI=1S/C16H20N2O/c1-4-17-13(3)14-7-10-16(18-11-14)19-15-8-5-12(2)6-9-15/h5-11,13,17H,4H2,1-3H3. The zero-order valence-electron chi connectivity index (χ0n) is 11.7. The van der Waals surface area contributed by atoms with E-state index in [2.05, 4.69) is 31.1 Å². The van der Waals surface area contributed by atoms with Gasteiger partial charge in [0.05, 0.1) is 0 Å². The first-order valence-electron chi connectivity index (χ1n) is 6.63. The van der Waals surface area contributed by atoms with Crippen LogP contribution in [0.15, 0.2) is 42.6 Å². The molecule has 2 aromatic rings. The van der Waals surface area contributed by atoms with Crippen molar-refractivity contribution in [2.24, 2.45) is 0 Å². The molecule has 1 atom stereocenters. The average molecular weight is 256 g/mol. The molecular weight excluding hydrogens is 236 g/mol. The maximum Gasteiger partial charge on any atom is 0.219 e. The van der Waals surface area contributed by atoms with Gasteiger partial charge in [0.1, 0.15) is 5.75 Å². The topological polar surface area (TPSA) is 34.1 Å². The summed E-state index contributed by atoms with van der Waals surface area (Å²) in [6.07, 6.45) is 1.86. The molecule has 3 heteroatoms. The molecule has 1 N–H and O–H groups in total. The van der Waals surface area contributed by atoms with E-state index in [1.807, 2.05) is 42.6 Å². The summed E-state index contributed by atoms with van der Waals surface area (Å²) in [5.74, 6) is 1.43. The van der Waals surface area contributed by atoms with Crippen molar-refractivity contribution in [3.8, 4) is 11.6 Å². The first-order chi connectivity index (χ1) is 9.19. The van der Waals surface area contributed by atoms with Crippen LogP contribution in [0.2, 0.25) is 0 Å². The Morgan fingerprint density at radius 3 is 2.47 bits per heavy atom. The smallest absolute Gasteiger partial charge is 0.219 e. The number of pyridine rings is 1. The van der Waals surface area contributed by atoms with E-state index >= 15 is 0 Å². The van der Waals surface area contributed by atoms with Crippen molar-refractivity contribution in [2.75, 3.05) is 6.54 Å². The van der Waals surface area contributed by atoms with E-state index < -0.39 is 0 Å². The van der Waals surface area contributed by atoms with Gasteiger partial charge in [0.2, 0.25) is 5.88 Å². The van der Waals surface area contributed by atoms with Crippen LogP contribution in [0.5, 0.6) is 11.6 Å². The molecule has 0 amide bonds. The Morgan fingerprint density at radius 1 is 1.16 bits per heavy atom. The zero-order chi connectivity index (χ0) is 13.7. The molecule has 0 bridgehead atoms. The van der Waals surface area contributed by atoms with E-state index in [1.54, 1.807) is 0 Å². The summed E-state index contributed by atoms with van der Waals surface area (Å²) in [7, 11) is 0. The molecule has 0 saturated heterocycles. The summed E-state index contributed by atoms with van der Waals surface area (Å²) >= 11 is 0. The lowest BCUT2D eigenvalue weighted by Crippen LogP contribution is -2.17. The first kappa shape index (κ1) is 13.6. The van der Waals surface area contributed by atoms with Crippen LogP contribution in [0.25, 0.3) is 0 Å². The molecule has 1 aromatic heterocycles. The average Bonchev–Trinajstić information content (AvgIpc) is 2.42. The van der Waals surface area contributed by atoms with Crippen molar-refractivity contribution >= 4 is 0 Å². The van der Waals surface area contributed by atoms with Crippen molar-refractivity contribution in [1.29, 1.82) is 0 Å². The number of aromatic nitrogens is 1. The normalized spacial score (nSPS) is 12.2. The SMILES string of the molecule is CCNC(C)c1ccc(Oc2ccc(C)cc2)nc1. The molecule has 1 heterocycles. The largest absolute Gasteiger partial charge is 0.439 e. The molecule has 19 heavy (non-hydrogen) atoms. The summed E-state index contributed by atoms with van der Waals surface area (Å²) in [5.41, 5.74) is 2.38. The highest BCUT2D eigenvalue weighted by Crippen LogP contribution is 2.21. The summed E-state index contributed by atoms with van der Waals surface area (Å²) in [5, 5.41) is 3.36. The minimum Gasteiger partial charge on any atom is -0.439 e. The Labute approximate surface area is 114 Å². The van der Waals surface area contributed by atoms with E-state index in [0.29, 0.717) is 11.9 Å². The van der Waals surface area contributed by atoms with E-state index in [-0.39, 0.29) is 0 Å². The molecule has 0 radical (unpaired) electrons. The van der Waals surface area contributed by atoms with Gasteiger partial charge in [-0.05, 0) is 38.1 Å². The molecule has 1 unspecified atom stereocenters. The Balaban J connectivity index is 2.04. The summed E-state index contributed by atoms with van der Waals surface area (Å²) in [6, 6.07) is 12.2. The molecule has 0 saturated carbocycles. The zero-order valence-corrected chi connectivity index (χ0v) is 11.7. The number of hydrogen-bond acceptors (Lipinski definition) is 3. The fraction of sp³-hybridized carbons (Fsp3) is 0.312. The van der Waals surface area contributed by atoms with E-state index in [0.717, 1.165) is 17.9 Å². The third kappa shape index (κ3) is 3.80. The molecule has 100 valence electrons. The van der Waals surface area contributed by atoms with Gasteiger partial charge in [-0.15, -0.1) is 0 Å². The monoisotopic (exact) mass is 256 g/mol. The summed E-state index contributed by atoms with van der Waals surface area (Å²) in [6.45, 7) is 7.22. The highest BCUT2D eigenvalue weighted by Gasteiger charge is 2.05. The Hall–Kier alpha value is -1.87. The molecule has 0 fully saturated rings. The van der Waals surface area contributed by atoms with Crippen LogP contribution >= 0.6 is 0 Å². The van der Waals surface area contributed by atoms with Gasteiger partial charge in [0.25, 0.3) is 0 Å². The van der Waals surface area contributed by atoms with Crippen molar-refractivity contribution in [3.05, 3.63) is 53.7 Å². The van der Waals surface area contributed by atoms with Crippen molar-refractivity contribution in [1.82, 2.24) is 10.3 Å². The second kappa shape index (κ2) is 6.34. The van der Waals surface area contributed by atoms with Crippen LogP contribution in [-0.4, -0.2) is 11.5 Å². The Bertz CT molecular complexity index is 505. The van der Waals surface area contributed by atoms with Crippen LogP contribution in [-0.2, 0) is 0 Å². The van der Waals surface area contributed by atoms with E-state index in [1.165, 1.54) is 5.56 Å². The highest BCUT2D eigenvalue weighted by molar-refractivity contribution is 5.30. The lowest BCUT2D eigenvalue weighted by molar-refractivity contribution is 0.461. The Morgan fingerprint density at radius 2 is 1.89 bits per heavy atom. The van der Waals surface area contributed by atoms with Crippen LogP contribution in [0.4, 0.5) is 0 Å². The predicted octanol–water partition coefficient (Wildman–Crippen LogP) is 3.85. The molecule has 3 nitrogen and oxygen atoms in total. The van der Waals surface area contributed by atoms with Crippen LogP contribution in [0.3, 0.4) is 0 Å². The van der Waals surface area contributed by atoms with Gasteiger partial charge in [-0.1, -0.05) is 30.7 Å². The predicted molar refractivity (Wildman–Crippen MR) is 77.6 cm³/mol. The maximum absolute atomic E-state index is 5.70. The lowest BCUT2D eigenvalue weighted by Gasteiger charge is -2.12. The van der Waals surface area contributed by atoms with Crippen molar-refractivity contribution < 1.29 is 4.74 Å². The minimum absolute atomic E-state index is 0.311. The second-order valence-corrected chi connectivity index (χ2v) is 4.62. The van der Waals surface area contributed by atoms with Crippen LogP contribution < -0.4 is 10.1 Å². The van der Waals surface area contributed by atoms with Crippen LogP contribution in [0.1, 0.15) is 31.0 Å². The van der Waals surface area contributed by atoms with Crippen molar-refractivity contribution in [2.45, 2.75) is 26.8 Å². The molecule has 1 aromatic carbocycles. The molecule has 0 spiro atoms. The highest BCUT2D eigenvalue weighted by atomic mass is 16.5. The third-order valence-corrected chi connectivity index (χ3v) is 3.01. The van der Waals surface area contributed by atoms with Gasteiger partial charge in [0.15, 0.2) is 0 Å². The lowest BCUT2D eigenvalue weighted by atomic mass is 10.1. The summed E-state index contributed by atoms with van der Waals surface area (Å²) < 4.78 is 5.70. The molecule has 0 aliphatic carbocycles. The first-order valence-corrected chi connectivity index (χ1v) is 6.63. The number of rotatable bonds is 5. The molecule has 0 aliphatic heterocycles. The van der Waals surface area contributed by atoms with Gasteiger partial charge in [0, 0.05) is 18.3 Å². The number of hydrogen-bond donors (Lipinski definition) is 1. The maximum atomic E-state index is 5.70. The molecule has 2 rings (SSSR count). The van der Waals surface area contributed by atoms with Crippen molar-refractivity contribution in [3.63, 3.8) is 0 Å². The van der Waals surface area contributed by atoms with E-state index in [9.17, 15) is 0 Å². The Kier molecular flexibility index (Phi) is 4.53. The quantitative estimate of drug-likeness (QED) is 0.882. The second-order valence-electron chi connectivity index (χ2n) is 4.62. The van der Waals surface area contributed by atoms with Gasteiger partial charge in [-0.2, -0.15) is 0 Å². The number of aryl methyl sites for hydroxylation is 1. The molecular formula is C16H20N2O. The van der Waals surface area contributed by atoms with Gasteiger partial charge in [-0.25, -0.2) is 4.98 Å². The molecule has 0 aliphatic rings. The summed E-state index contributed by atoms with van der Waals surface area (Å²) in [4.78, 5) is 4.34. The van der Waals surface area contributed by atoms with Gasteiger partial charge < -0.3 is 10.1 Å². The number of nitrogens with one attached hydrogen (secondary N) is 1. The number of ether oxygens (including phenoxy) is 1.